The average Bonchev–Trinajstić information content (AvgIpc) is 2.88. The summed E-state index contributed by atoms with van der Waals surface area (Å²) in [5.74, 6) is -0.162. The van der Waals surface area contributed by atoms with Gasteiger partial charge >= 0.3 is 6.18 Å². The minimum absolute atomic E-state index is 0.0247. The number of piperidine rings is 2. The molecule has 0 saturated carbocycles. The van der Waals surface area contributed by atoms with Gasteiger partial charge in [0.2, 0.25) is 11.8 Å². The number of fused-ring (bicyclic) bond motifs is 2. The van der Waals surface area contributed by atoms with E-state index in [1.54, 1.807) is 28.9 Å². The summed E-state index contributed by atoms with van der Waals surface area (Å²) < 4.78 is 39.9. The highest BCUT2D eigenvalue weighted by Crippen LogP contribution is 2.33. The number of aromatic nitrogens is 2. The van der Waals surface area contributed by atoms with Gasteiger partial charge in [0.25, 0.3) is 5.56 Å². The second-order valence-corrected chi connectivity index (χ2v) is 9.80. The van der Waals surface area contributed by atoms with Gasteiger partial charge in [0.05, 0.1) is 16.6 Å². The molecule has 0 unspecified atom stereocenters. The molecular formula is C27H27F3N4O3. The Morgan fingerprint density at radius 3 is 2.43 bits per heavy atom. The van der Waals surface area contributed by atoms with Crippen molar-refractivity contribution >= 4 is 22.6 Å². The molecule has 7 nitrogen and oxygen atoms in total. The van der Waals surface area contributed by atoms with Crippen LogP contribution in [0.5, 0.6) is 0 Å². The van der Waals surface area contributed by atoms with Crippen LogP contribution in [0.2, 0.25) is 0 Å². The van der Waals surface area contributed by atoms with E-state index < -0.39 is 11.7 Å². The van der Waals surface area contributed by atoms with Gasteiger partial charge in [-0.25, -0.2) is 4.68 Å². The van der Waals surface area contributed by atoms with E-state index >= 15 is 0 Å². The van der Waals surface area contributed by atoms with E-state index in [-0.39, 0.29) is 42.4 Å². The molecule has 3 heterocycles. The van der Waals surface area contributed by atoms with E-state index in [2.05, 4.69) is 5.10 Å². The third kappa shape index (κ3) is 4.97. The van der Waals surface area contributed by atoms with Gasteiger partial charge in [0, 0.05) is 37.5 Å². The predicted molar refractivity (Wildman–Crippen MR) is 130 cm³/mol. The monoisotopic (exact) mass is 512 g/mol. The molecule has 2 fully saturated rings. The standard InChI is InChI=1S/C27H27F3N4O3/c1-17-21-4-2-3-5-22(21)26(37)34(31-17)16-25(36)32-13-12-23-19(15-32)8-11-24(35)33(23)14-18-6-9-20(10-7-18)27(28,29)30/h2-7,9-10,19,23H,8,11-16H2,1H3/t19-,23+/m1/s1. The van der Waals surface area contributed by atoms with Crippen molar-refractivity contribution in [2.75, 3.05) is 13.1 Å². The zero-order chi connectivity index (χ0) is 26.3. The zero-order valence-corrected chi connectivity index (χ0v) is 20.4. The van der Waals surface area contributed by atoms with Gasteiger partial charge in [-0.15, -0.1) is 0 Å². The third-order valence-corrected chi connectivity index (χ3v) is 7.47. The van der Waals surface area contributed by atoms with Gasteiger partial charge in [0.1, 0.15) is 6.54 Å². The lowest BCUT2D eigenvalue weighted by Gasteiger charge is -2.47. The molecule has 3 aromatic rings. The van der Waals surface area contributed by atoms with Gasteiger partial charge in [0.15, 0.2) is 0 Å². The van der Waals surface area contributed by atoms with Crippen molar-refractivity contribution in [3.05, 3.63) is 75.7 Å². The van der Waals surface area contributed by atoms with Crippen LogP contribution in [0.3, 0.4) is 0 Å². The van der Waals surface area contributed by atoms with Crippen LogP contribution in [-0.2, 0) is 28.9 Å². The van der Waals surface area contributed by atoms with Crippen LogP contribution in [-0.4, -0.2) is 50.5 Å². The molecule has 5 rings (SSSR count). The van der Waals surface area contributed by atoms with E-state index in [0.29, 0.717) is 49.0 Å². The van der Waals surface area contributed by atoms with E-state index in [4.69, 9.17) is 0 Å². The molecular weight excluding hydrogens is 485 g/mol. The van der Waals surface area contributed by atoms with Gasteiger partial charge < -0.3 is 9.80 Å². The average molecular weight is 513 g/mol. The number of nitrogens with zero attached hydrogens (tertiary/aromatic N) is 4. The van der Waals surface area contributed by atoms with Crippen LogP contribution in [0.15, 0.2) is 53.3 Å². The highest BCUT2D eigenvalue weighted by atomic mass is 19.4. The molecule has 2 atom stereocenters. The van der Waals surface area contributed by atoms with Crippen molar-refractivity contribution in [3.63, 3.8) is 0 Å². The maximum absolute atomic E-state index is 13.1. The Bertz CT molecular complexity index is 1400. The first-order valence-corrected chi connectivity index (χ1v) is 12.3. The second kappa shape index (κ2) is 9.64. The topological polar surface area (TPSA) is 75.5 Å². The molecule has 2 amide bonds. The summed E-state index contributed by atoms with van der Waals surface area (Å²) in [7, 11) is 0. The van der Waals surface area contributed by atoms with Gasteiger partial charge in [-0.1, -0.05) is 30.3 Å². The maximum Gasteiger partial charge on any atom is 0.416 e. The zero-order valence-electron chi connectivity index (χ0n) is 20.4. The first-order valence-electron chi connectivity index (χ1n) is 12.3. The van der Waals surface area contributed by atoms with E-state index in [9.17, 15) is 27.6 Å². The summed E-state index contributed by atoms with van der Waals surface area (Å²) in [6.07, 6.45) is -2.86. The number of carbonyl (C=O) groups excluding carboxylic acids is 2. The fourth-order valence-electron chi connectivity index (χ4n) is 5.52. The number of hydrogen-bond acceptors (Lipinski definition) is 4. The quantitative estimate of drug-likeness (QED) is 0.534. The Balaban J connectivity index is 1.27. The third-order valence-electron chi connectivity index (χ3n) is 7.47. The Hall–Kier alpha value is -3.69. The summed E-state index contributed by atoms with van der Waals surface area (Å²) in [4.78, 5) is 42.2. The molecule has 0 radical (unpaired) electrons. The van der Waals surface area contributed by atoms with Gasteiger partial charge in [-0.05, 0) is 49.4 Å². The van der Waals surface area contributed by atoms with Crippen molar-refractivity contribution < 1.29 is 22.8 Å². The lowest BCUT2D eigenvalue weighted by molar-refractivity contribution is -0.145. The largest absolute Gasteiger partial charge is 0.416 e. The number of carbonyl (C=O) groups is 2. The van der Waals surface area contributed by atoms with Crippen molar-refractivity contribution in [1.29, 1.82) is 0 Å². The molecule has 10 heteroatoms. The smallest absolute Gasteiger partial charge is 0.341 e. The summed E-state index contributed by atoms with van der Waals surface area (Å²) >= 11 is 0. The fraction of sp³-hybridized carbons (Fsp3) is 0.407. The Morgan fingerprint density at radius 1 is 1.03 bits per heavy atom. The van der Waals surface area contributed by atoms with Crippen LogP contribution < -0.4 is 5.56 Å². The highest BCUT2D eigenvalue weighted by molar-refractivity contribution is 5.84. The normalized spacial score (nSPS) is 20.3. The molecule has 0 aliphatic carbocycles. The Labute approximate surface area is 211 Å². The minimum Gasteiger partial charge on any atom is -0.341 e. The molecule has 194 valence electrons. The van der Waals surface area contributed by atoms with E-state index in [0.717, 1.165) is 17.5 Å². The Kier molecular flexibility index (Phi) is 6.51. The number of alkyl halides is 3. The first-order chi connectivity index (χ1) is 17.6. The van der Waals surface area contributed by atoms with Crippen molar-refractivity contribution in [3.8, 4) is 0 Å². The number of amides is 2. The van der Waals surface area contributed by atoms with Gasteiger partial charge in [-0.2, -0.15) is 18.3 Å². The number of likely N-dealkylation sites (tertiary alicyclic amines) is 2. The summed E-state index contributed by atoms with van der Waals surface area (Å²) in [5, 5.41) is 5.62. The minimum atomic E-state index is -4.41. The van der Waals surface area contributed by atoms with Crippen molar-refractivity contribution in [1.82, 2.24) is 19.6 Å². The highest BCUT2D eigenvalue weighted by Gasteiger charge is 2.40. The molecule has 2 aliphatic heterocycles. The molecule has 0 spiro atoms. The number of benzene rings is 2. The number of hydrogen-bond donors (Lipinski definition) is 0. The van der Waals surface area contributed by atoms with Crippen LogP contribution in [0.25, 0.3) is 10.8 Å². The molecule has 2 aromatic carbocycles. The summed E-state index contributed by atoms with van der Waals surface area (Å²) in [5.41, 5.74) is 0.278. The fourth-order valence-corrected chi connectivity index (χ4v) is 5.52. The predicted octanol–water partition coefficient (Wildman–Crippen LogP) is 3.76. The van der Waals surface area contributed by atoms with E-state index in [1.807, 2.05) is 12.1 Å². The molecule has 0 N–H and O–H groups in total. The van der Waals surface area contributed by atoms with Crippen LogP contribution in [0, 0.1) is 12.8 Å². The van der Waals surface area contributed by atoms with Gasteiger partial charge in [-0.3, -0.25) is 14.4 Å². The van der Waals surface area contributed by atoms with E-state index in [1.165, 1.54) is 16.8 Å². The molecule has 37 heavy (non-hydrogen) atoms. The summed E-state index contributed by atoms with van der Waals surface area (Å²) in [6, 6.07) is 12.0. The van der Waals surface area contributed by atoms with Crippen molar-refractivity contribution in [2.45, 2.75) is 51.5 Å². The maximum atomic E-state index is 13.1. The number of aryl methyl sites for hydroxylation is 1. The lowest BCUT2D eigenvalue weighted by atomic mass is 9.83. The van der Waals surface area contributed by atoms with Crippen LogP contribution >= 0.6 is 0 Å². The number of rotatable bonds is 4. The second-order valence-electron chi connectivity index (χ2n) is 9.80. The summed E-state index contributed by atoms with van der Waals surface area (Å²) in [6.45, 7) is 2.77. The van der Waals surface area contributed by atoms with Crippen LogP contribution in [0.1, 0.15) is 36.1 Å². The molecule has 1 aromatic heterocycles. The Morgan fingerprint density at radius 2 is 1.73 bits per heavy atom. The molecule has 0 bridgehead atoms. The number of halogens is 3. The van der Waals surface area contributed by atoms with Crippen molar-refractivity contribution in [2.24, 2.45) is 5.92 Å². The molecule has 2 saturated heterocycles. The molecule has 2 aliphatic rings. The SMILES string of the molecule is Cc1nn(CC(=O)N2CC[C@H]3[C@H](CCC(=O)N3Cc3ccc(C(F)(F)F)cc3)C2)c(=O)c2ccccc12. The van der Waals surface area contributed by atoms with Crippen LogP contribution in [0.4, 0.5) is 13.2 Å². The lowest BCUT2D eigenvalue weighted by Crippen LogP contribution is -2.57. The first kappa shape index (κ1) is 25.0.